The maximum absolute atomic E-state index is 12.9. The number of non-ortho nitro benzene ring substituents is 1. The number of nitro benzene ring substituents is 1. The number of carbonyl (C=O) groups excluding carboxylic acids is 1. The van der Waals surface area contributed by atoms with Gasteiger partial charge in [0, 0.05) is 61.4 Å². The van der Waals surface area contributed by atoms with Crippen molar-refractivity contribution in [2.75, 3.05) is 31.1 Å². The number of nitro groups is 1. The number of amides is 1. The maximum Gasteiger partial charge on any atom is 0.410 e. The number of benzene rings is 2. The van der Waals surface area contributed by atoms with E-state index in [-0.39, 0.29) is 11.8 Å². The summed E-state index contributed by atoms with van der Waals surface area (Å²) in [5.74, 6) is 0. The zero-order valence-corrected chi connectivity index (χ0v) is 18.0. The van der Waals surface area contributed by atoms with Gasteiger partial charge in [0.15, 0.2) is 0 Å². The normalized spacial score (nSPS) is 14.8. The van der Waals surface area contributed by atoms with Gasteiger partial charge >= 0.3 is 6.09 Å². The predicted molar refractivity (Wildman–Crippen MR) is 120 cm³/mol. The third kappa shape index (κ3) is 5.17. The summed E-state index contributed by atoms with van der Waals surface area (Å²) >= 11 is 6.01. The van der Waals surface area contributed by atoms with E-state index >= 15 is 0 Å². The number of nitrogens with zero attached hydrogens (tertiary/aromatic N) is 5. The number of hydrogen-bond acceptors (Lipinski definition) is 6. The molecule has 1 aliphatic rings. The molecule has 1 aliphatic heterocycles. The number of halogens is 1. The van der Waals surface area contributed by atoms with Crippen LogP contribution in [-0.2, 0) is 11.3 Å². The molecule has 1 amide bonds. The predicted octanol–water partition coefficient (Wildman–Crippen LogP) is 4.14. The number of rotatable bonds is 6. The van der Waals surface area contributed by atoms with Crippen LogP contribution in [0.4, 0.5) is 16.2 Å². The van der Waals surface area contributed by atoms with Crippen LogP contribution in [0.5, 0.6) is 0 Å². The second kappa shape index (κ2) is 9.69. The second-order valence-electron chi connectivity index (χ2n) is 7.43. The number of carbonyl (C=O) groups is 1. The average molecular weight is 456 g/mol. The van der Waals surface area contributed by atoms with Crippen LogP contribution in [0.1, 0.15) is 11.7 Å². The van der Waals surface area contributed by atoms with Gasteiger partial charge in [-0.05, 0) is 29.8 Å². The molecule has 10 heteroatoms. The summed E-state index contributed by atoms with van der Waals surface area (Å²) in [4.78, 5) is 31.1. The first-order valence-corrected chi connectivity index (χ1v) is 10.5. The van der Waals surface area contributed by atoms with Crippen LogP contribution in [0.15, 0.2) is 67.3 Å². The topological polar surface area (TPSA) is 93.7 Å². The van der Waals surface area contributed by atoms with Crippen molar-refractivity contribution in [3.8, 4) is 0 Å². The highest BCUT2D eigenvalue weighted by Gasteiger charge is 2.26. The molecule has 3 aromatic rings. The Morgan fingerprint density at radius 3 is 2.38 bits per heavy atom. The van der Waals surface area contributed by atoms with Crippen LogP contribution < -0.4 is 4.90 Å². The fourth-order valence-electron chi connectivity index (χ4n) is 3.60. The fourth-order valence-corrected chi connectivity index (χ4v) is 3.73. The highest BCUT2D eigenvalue weighted by Crippen LogP contribution is 2.24. The van der Waals surface area contributed by atoms with Crippen molar-refractivity contribution in [2.45, 2.75) is 12.6 Å². The van der Waals surface area contributed by atoms with E-state index in [1.54, 1.807) is 41.7 Å². The molecule has 0 aliphatic carbocycles. The minimum atomic E-state index is -0.485. The van der Waals surface area contributed by atoms with Gasteiger partial charge < -0.3 is 19.1 Å². The summed E-state index contributed by atoms with van der Waals surface area (Å²) in [5, 5.41) is 11.5. The Kier molecular flexibility index (Phi) is 6.55. The van der Waals surface area contributed by atoms with E-state index in [1.165, 1.54) is 12.1 Å². The van der Waals surface area contributed by atoms with Gasteiger partial charge in [0.2, 0.25) is 0 Å². The number of piperazine rings is 1. The lowest BCUT2D eigenvalue weighted by atomic mass is 10.1. The number of anilines is 1. The summed E-state index contributed by atoms with van der Waals surface area (Å²) in [5.41, 5.74) is 1.80. The Morgan fingerprint density at radius 2 is 1.78 bits per heavy atom. The lowest BCUT2D eigenvalue weighted by Crippen LogP contribution is -2.49. The van der Waals surface area contributed by atoms with Crippen LogP contribution in [0.2, 0.25) is 5.02 Å². The Labute approximate surface area is 189 Å². The molecular weight excluding hydrogens is 434 g/mol. The molecule has 1 atom stereocenters. The van der Waals surface area contributed by atoms with Gasteiger partial charge in [-0.2, -0.15) is 0 Å². The maximum atomic E-state index is 12.9. The van der Waals surface area contributed by atoms with Gasteiger partial charge in [0.25, 0.3) is 5.69 Å². The molecule has 2 aromatic carbocycles. The fraction of sp³-hybridized carbons (Fsp3) is 0.273. The van der Waals surface area contributed by atoms with Crippen LogP contribution >= 0.6 is 11.6 Å². The minimum Gasteiger partial charge on any atom is -0.439 e. The molecule has 0 radical (unpaired) electrons. The van der Waals surface area contributed by atoms with Gasteiger partial charge in [-0.3, -0.25) is 10.1 Å². The smallest absolute Gasteiger partial charge is 0.410 e. The van der Waals surface area contributed by atoms with E-state index in [0.717, 1.165) is 11.3 Å². The SMILES string of the molecule is O=C(O[C@@H](Cn1ccnc1)c1ccc(Cl)cc1)N1CCN(c2ccc([N+](=O)[O-])cc2)CC1. The molecule has 0 saturated carbocycles. The van der Waals surface area contributed by atoms with Crippen molar-refractivity contribution in [1.29, 1.82) is 0 Å². The molecule has 166 valence electrons. The molecule has 0 unspecified atom stereocenters. The van der Waals surface area contributed by atoms with Gasteiger partial charge in [0.05, 0.1) is 17.8 Å². The summed E-state index contributed by atoms with van der Waals surface area (Å²) < 4.78 is 7.73. The summed E-state index contributed by atoms with van der Waals surface area (Å²) in [6.45, 7) is 2.65. The summed E-state index contributed by atoms with van der Waals surface area (Å²) in [6.07, 6.45) is 4.31. The van der Waals surface area contributed by atoms with Crippen molar-refractivity contribution in [3.63, 3.8) is 0 Å². The van der Waals surface area contributed by atoms with Crippen molar-refractivity contribution in [2.24, 2.45) is 0 Å². The molecule has 0 spiro atoms. The van der Waals surface area contributed by atoms with Crippen LogP contribution in [0, 0.1) is 10.1 Å². The number of ether oxygens (including phenoxy) is 1. The van der Waals surface area contributed by atoms with Gasteiger partial charge in [-0.1, -0.05) is 23.7 Å². The van der Waals surface area contributed by atoms with Crippen molar-refractivity contribution >= 4 is 29.1 Å². The van der Waals surface area contributed by atoms with E-state index in [0.29, 0.717) is 37.7 Å². The molecule has 32 heavy (non-hydrogen) atoms. The van der Waals surface area contributed by atoms with Gasteiger partial charge in [-0.15, -0.1) is 0 Å². The molecule has 1 aromatic heterocycles. The minimum absolute atomic E-state index is 0.0575. The molecule has 2 heterocycles. The highest BCUT2D eigenvalue weighted by molar-refractivity contribution is 6.30. The van der Waals surface area contributed by atoms with Crippen molar-refractivity contribution < 1.29 is 14.5 Å². The first kappa shape index (κ1) is 21.6. The van der Waals surface area contributed by atoms with E-state index in [4.69, 9.17) is 16.3 Å². The van der Waals surface area contributed by atoms with E-state index in [9.17, 15) is 14.9 Å². The highest BCUT2D eigenvalue weighted by atomic mass is 35.5. The molecule has 1 fully saturated rings. The Bertz CT molecular complexity index is 1050. The van der Waals surface area contributed by atoms with Crippen LogP contribution in [0.3, 0.4) is 0 Å². The number of imidazole rings is 1. The molecule has 4 rings (SSSR count). The monoisotopic (exact) mass is 455 g/mol. The van der Waals surface area contributed by atoms with E-state index in [1.807, 2.05) is 22.9 Å². The number of aromatic nitrogens is 2. The number of hydrogen-bond donors (Lipinski definition) is 0. The molecule has 9 nitrogen and oxygen atoms in total. The first-order chi connectivity index (χ1) is 15.5. The Morgan fingerprint density at radius 1 is 1.09 bits per heavy atom. The molecule has 1 saturated heterocycles. The van der Waals surface area contributed by atoms with Crippen LogP contribution in [0.25, 0.3) is 0 Å². The first-order valence-electron chi connectivity index (χ1n) is 10.2. The lowest BCUT2D eigenvalue weighted by molar-refractivity contribution is -0.384. The third-order valence-electron chi connectivity index (χ3n) is 5.38. The standard InChI is InChI=1S/C22H22ClN5O4/c23-18-3-1-17(2-4-18)21(15-25-10-9-24-16-25)32-22(29)27-13-11-26(12-14-27)19-5-7-20(8-6-19)28(30)31/h1-10,16,21H,11-15H2/t21-/m0/s1. The molecule has 0 N–H and O–H groups in total. The van der Waals surface area contributed by atoms with E-state index < -0.39 is 11.0 Å². The zero-order chi connectivity index (χ0) is 22.5. The lowest BCUT2D eigenvalue weighted by Gasteiger charge is -2.36. The Hall–Kier alpha value is -3.59. The Balaban J connectivity index is 1.38. The second-order valence-corrected chi connectivity index (χ2v) is 7.87. The van der Waals surface area contributed by atoms with Gasteiger partial charge in [0.1, 0.15) is 6.10 Å². The quantitative estimate of drug-likeness (QED) is 0.409. The molecular formula is C22H22ClN5O4. The van der Waals surface area contributed by atoms with Crippen molar-refractivity contribution in [3.05, 3.63) is 88.0 Å². The average Bonchev–Trinajstić information content (AvgIpc) is 3.32. The van der Waals surface area contributed by atoms with Crippen molar-refractivity contribution in [1.82, 2.24) is 14.5 Å². The van der Waals surface area contributed by atoms with Gasteiger partial charge in [-0.25, -0.2) is 9.78 Å². The van der Waals surface area contributed by atoms with Crippen LogP contribution in [-0.4, -0.2) is 51.6 Å². The largest absolute Gasteiger partial charge is 0.439 e. The van der Waals surface area contributed by atoms with E-state index in [2.05, 4.69) is 9.88 Å². The zero-order valence-electron chi connectivity index (χ0n) is 17.2. The summed E-state index contributed by atoms with van der Waals surface area (Å²) in [6, 6.07) is 13.7. The molecule has 0 bridgehead atoms. The summed E-state index contributed by atoms with van der Waals surface area (Å²) in [7, 11) is 0. The third-order valence-corrected chi connectivity index (χ3v) is 5.64.